The largest absolute Gasteiger partial charge is 0.477 e. The van der Waals surface area contributed by atoms with Crippen LogP contribution in [0.25, 0.3) is 0 Å². The van der Waals surface area contributed by atoms with Crippen molar-refractivity contribution in [1.82, 2.24) is 5.32 Å². The van der Waals surface area contributed by atoms with Crippen LogP contribution in [-0.4, -0.2) is 36.8 Å². The molecule has 136 valence electrons. The van der Waals surface area contributed by atoms with E-state index in [1.807, 2.05) is 36.4 Å². The molecule has 3 rings (SSSR count). The number of thioether (sulfide) groups is 1. The topological polar surface area (TPSA) is 58.6 Å². The summed E-state index contributed by atoms with van der Waals surface area (Å²) in [6.45, 7) is 2.30. The number of para-hydroxylation sites is 2. The Hall–Kier alpha value is -2.47. The summed E-state index contributed by atoms with van der Waals surface area (Å²) in [6, 6.07) is 17.5. The minimum atomic E-state index is -0.687. The van der Waals surface area contributed by atoms with E-state index in [4.69, 9.17) is 4.74 Å². The van der Waals surface area contributed by atoms with Gasteiger partial charge in [-0.25, -0.2) is 0 Å². The van der Waals surface area contributed by atoms with E-state index in [2.05, 4.69) is 17.4 Å². The number of carbonyl (C=O) groups excluding carboxylic acids is 2. The SMILES string of the molecule is CC(=O)N1CC(C(=O)NCCSCc2ccccc2)Oc2ccccc21. The molecule has 1 aliphatic heterocycles. The third-order valence-electron chi connectivity index (χ3n) is 4.10. The number of ether oxygens (including phenoxy) is 1. The predicted octanol–water partition coefficient (Wildman–Crippen LogP) is 2.85. The number of nitrogens with zero attached hydrogens (tertiary/aromatic N) is 1. The van der Waals surface area contributed by atoms with Crippen molar-refractivity contribution in [3.63, 3.8) is 0 Å². The standard InChI is InChI=1S/C20H22N2O3S/c1-15(23)22-13-19(25-18-10-6-5-9-17(18)22)20(24)21-11-12-26-14-16-7-3-2-4-8-16/h2-10,19H,11-14H2,1H3,(H,21,24). The van der Waals surface area contributed by atoms with Crippen LogP contribution in [0, 0.1) is 0 Å². The first-order chi connectivity index (χ1) is 12.6. The Labute approximate surface area is 157 Å². The van der Waals surface area contributed by atoms with Gasteiger partial charge < -0.3 is 15.0 Å². The van der Waals surface area contributed by atoms with Crippen molar-refractivity contribution in [2.75, 3.05) is 23.7 Å². The van der Waals surface area contributed by atoms with Crippen LogP contribution < -0.4 is 15.0 Å². The molecule has 6 heteroatoms. The number of hydrogen-bond donors (Lipinski definition) is 1. The number of fused-ring (bicyclic) bond motifs is 1. The molecule has 0 radical (unpaired) electrons. The fraction of sp³-hybridized carbons (Fsp3) is 0.300. The minimum Gasteiger partial charge on any atom is -0.477 e. The fourth-order valence-electron chi connectivity index (χ4n) is 2.79. The molecule has 2 amide bonds. The Morgan fingerprint density at radius 2 is 1.88 bits per heavy atom. The van der Waals surface area contributed by atoms with Gasteiger partial charge in [0.1, 0.15) is 5.75 Å². The second-order valence-electron chi connectivity index (χ2n) is 6.03. The molecular formula is C20H22N2O3S. The van der Waals surface area contributed by atoms with Gasteiger partial charge in [0.2, 0.25) is 5.91 Å². The summed E-state index contributed by atoms with van der Waals surface area (Å²) >= 11 is 1.77. The average Bonchev–Trinajstić information content (AvgIpc) is 2.67. The molecule has 1 heterocycles. The highest BCUT2D eigenvalue weighted by Crippen LogP contribution is 2.33. The maximum atomic E-state index is 12.4. The summed E-state index contributed by atoms with van der Waals surface area (Å²) in [5.41, 5.74) is 1.98. The lowest BCUT2D eigenvalue weighted by atomic mass is 10.1. The van der Waals surface area contributed by atoms with Crippen LogP contribution in [0.15, 0.2) is 54.6 Å². The lowest BCUT2D eigenvalue weighted by Gasteiger charge is -2.33. The zero-order valence-electron chi connectivity index (χ0n) is 14.7. The van der Waals surface area contributed by atoms with Crippen LogP contribution in [0.3, 0.4) is 0 Å². The van der Waals surface area contributed by atoms with E-state index in [0.29, 0.717) is 18.0 Å². The summed E-state index contributed by atoms with van der Waals surface area (Å²) < 4.78 is 5.79. The van der Waals surface area contributed by atoms with Gasteiger partial charge in [0.05, 0.1) is 12.2 Å². The molecule has 1 N–H and O–H groups in total. The molecule has 1 aliphatic rings. The molecule has 1 unspecified atom stereocenters. The quantitative estimate of drug-likeness (QED) is 0.795. The number of hydrogen-bond acceptors (Lipinski definition) is 4. The molecule has 0 aliphatic carbocycles. The normalized spacial score (nSPS) is 15.7. The third kappa shape index (κ3) is 4.58. The molecule has 26 heavy (non-hydrogen) atoms. The van der Waals surface area contributed by atoms with Crippen LogP contribution in [0.5, 0.6) is 5.75 Å². The van der Waals surface area contributed by atoms with Crippen LogP contribution in [0.1, 0.15) is 12.5 Å². The molecule has 0 aromatic heterocycles. The van der Waals surface area contributed by atoms with Crippen molar-refractivity contribution in [3.8, 4) is 5.75 Å². The zero-order valence-corrected chi connectivity index (χ0v) is 15.5. The summed E-state index contributed by atoms with van der Waals surface area (Å²) in [4.78, 5) is 25.9. The maximum Gasteiger partial charge on any atom is 0.263 e. The van der Waals surface area contributed by atoms with Gasteiger partial charge in [-0.2, -0.15) is 11.8 Å². The Kier molecular flexibility index (Phi) is 6.17. The molecule has 0 saturated carbocycles. The highest BCUT2D eigenvalue weighted by Gasteiger charge is 2.32. The number of benzene rings is 2. The van der Waals surface area contributed by atoms with Crippen molar-refractivity contribution in [2.45, 2.75) is 18.8 Å². The second kappa shape index (κ2) is 8.76. The number of rotatable bonds is 6. The summed E-state index contributed by atoms with van der Waals surface area (Å²) in [6.07, 6.45) is -0.687. The van der Waals surface area contributed by atoms with Gasteiger partial charge in [-0.05, 0) is 17.7 Å². The van der Waals surface area contributed by atoms with E-state index in [9.17, 15) is 9.59 Å². The summed E-state index contributed by atoms with van der Waals surface area (Å²) in [5, 5.41) is 2.91. The predicted molar refractivity (Wildman–Crippen MR) is 104 cm³/mol. The van der Waals surface area contributed by atoms with Crippen molar-refractivity contribution in [2.24, 2.45) is 0 Å². The lowest BCUT2D eigenvalue weighted by Crippen LogP contribution is -2.50. The van der Waals surface area contributed by atoms with E-state index in [1.54, 1.807) is 22.7 Å². The van der Waals surface area contributed by atoms with Gasteiger partial charge in [-0.3, -0.25) is 9.59 Å². The van der Waals surface area contributed by atoms with Gasteiger partial charge in [-0.1, -0.05) is 42.5 Å². The van der Waals surface area contributed by atoms with E-state index in [-0.39, 0.29) is 18.4 Å². The second-order valence-corrected chi connectivity index (χ2v) is 7.14. The fourth-order valence-corrected chi connectivity index (χ4v) is 3.61. The first-order valence-electron chi connectivity index (χ1n) is 8.58. The molecule has 2 aromatic rings. The number of anilines is 1. The Morgan fingerprint density at radius 3 is 2.65 bits per heavy atom. The molecule has 0 saturated heterocycles. The van der Waals surface area contributed by atoms with E-state index in [1.165, 1.54) is 12.5 Å². The molecule has 1 atom stereocenters. The highest BCUT2D eigenvalue weighted by molar-refractivity contribution is 7.98. The van der Waals surface area contributed by atoms with E-state index >= 15 is 0 Å². The van der Waals surface area contributed by atoms with Gasteiger partial charge in [0.15, 0.2) is 6.10 Å². The smallest absolute Gasteiger partial charge is 0.263 e. The Morgan fingerprint density at radius 1 is 1.15 bits per heavy atom. The van der Waals surface area contributed by atoms with E-state index in [0.717, 1.165) is 11.5 Å². The van der Waals surface area contributed by atoms with Crippen LogP contribution >= 0.6 is 11.8 Å². The van der Waals surface area contributed by atoms with Crippen LogP contribution in [-0.2, 0) is 15.3 Å². The first kappa shape index (κ1) is 18.3. The maximum absolute atomic E-state index is 12.4. The number of nitrogens with one attached hydrogen (secondary N) is 1. The Bertz CT molecular complexity index is 767. The first-order valence-corrected chi connectivity index (χ1v) is 9.74. The third-order valence-corrected chi connectivity index (χ3v) is 5.13. The van der Waals surface area contributed by atoms with Crippen molar-refractivity contribution in [1.29, 1.82) is 0 Å². The van der Waals surface area contributed by atoms with Crippen molar-refractivity contribution < 1.29 is 14.3 Å². The number of amides is 2. The van der Waals surface area contributed by atoms with Gasteiger partial charge in [0.25, 0.3) is 5.91 Å². The van der Waals surface area contributed by atoms with Gasteiger partial charge in [0, 0.05) is 25.0 Å². The molecule has 0 spiro atoms. The monoisotopic (exact) mass is 370 g/mol. The van der Waals surface area contributed by atoms with Gasteiger partial charge >= 0.3 is 0 Å². The highest BCUT2D eigenvalue weighted by atomic mass is 32.2. The summed E-state index contributed by atoms with van der Waals surface area (Å²) in [5.74, 6) is 2.01. The Balaban J connectivity index is 1.48. The van der Waals surface area contributed by atoms with Gasteiger partial charge in [-0.15, -0.1) is 0 Å². The van der Waals surface area contributed by atoms with Crippen LogP contribution in [0.4, 0.5) is 5.69 Å². The average molecular weight is 370 g/mol. The zero-order chi connectivity index (χ0) is 18.4. The molecular weight excluding hydrogens is 348 g/mol. The lowest BCUT2D eigenvalue weighted by molar-refractivity contribution is -0.128. The number of carbonyl (C=O) groups is 2. The molecule has 2 aromatic carbocycles. The van der Waals surface area contributed by atoms with Crippen LogP contribution in [0.2, 0.25) is 0 Å². The summed E-state index contributed by atoms with van der Waals surface area (Å²) in [7, 11) is 0. The van der Waals surface area contributed by atoms with Crippen molar-refractivity contribution >= 4 is 29.3 Å². The minimum absolute atomic E-state index is 0.100. The molecule has 0 fully saturated rings. The van der Waals surface area contributed by atoms with Crippen molar-refractivity contribution in [3.05, 3.63) is 60.2 Å². The molecule has 5 nitrogen and oxygen atoms in total. The molecule has 0 bridgehead atoms. The van der Waals surface area contributed by atoms with E-state index < -0.39 is 6.10 Å².